The lowest BCUT2D eigenvalue weighted by Crippen LogP contribution is -2.25. The summed E-state index contributed by atoms with van der Waals surface area (Å²) in [5, 5.41) is 2.98. The van der Waals surface area contributed by atoms with Gasteiger partial charge in [-0.15, -0.1) is 0 Å². The first-order valence-corrected chi connectivity index (χ1v) is 8.89. The highest BCUT2D eigenvalue weighted by Gasteiger charge is 2.14. The van der Waals surface area contributed by atoms with Crippen molar-refractivity contribution < 1.29 is 13.9 Å². The molecule has 128 valence electrons. The zero-order chi connectivity index (χ0) is 16.3. The van der Waals surface area contributed by atoms with E-state index in [4.69, 9.17) is 4.74 Å². The highest BCUT2D eigenvalue weighted by molar-refractivity contribution is 5.75. The molecule has 0 radical (unpaired) electrons. The van der Waals surface area contributed by atoms with E-state index in [1.165, 1.54) is 44.2 Å². The molecule has 0 unspecified atom stereocenters. The molecule has 0 saturated heterocycles. The zero-order valence-electron chi connectivity index (χ0n) is 13.9. The number of carbonyl (C=O) groups is 1. The highest BCUT2D eigenvalue weighted by Crippen LogP contribution is 2.27. The topological polar surface area (TPSA) is 38.3 Å². The van der Waals surface area contributed by atoms with E-state index >= 15 is 0 Å². The number of hydrogen-bond donors (Lipinski definition) is 1. The Morgan fingerprint density at radius 3 is 2.61 bits per heavy atom. The van der Waals surface area contributed by atoms with Crippen molar-refractivity contribution in [3.8, 4) is 5.75 Å². The molecule has 1 aromatic carbocycles. The number of hydrogen-bond acceptors (Lipinski definition) is 2. The minimum Gasteiger partial charge on any atom is -0.494 e. The van der Waals surface area contributed by atoms with Gasteiger partial charge in [0.25, 0.3) is 0 Å². The molecule has 23 heavy (non-hydrogen) atoms. The number of carbonyl (C=O) groups excluding carboxylic acids is 1. The lowest BCUT2D eigenvalue weighted by molar-refractivity contribution is -0.121. The molecule has 1 N–H and O–H groups in total. The number of rotatable bonds is 9. The van der Waals surface area contributed by atoms with Crippen molar-refractivity contribution in [2.24, 2.45) is 5.92 Å². The van der Waals surface area contributed by atoms with E-state index in [2.05, 4.69) is 5.32 Å². The van der Waals surface area contributed by atoms with Crippen molar-refractivity contribution in [2.45, 2.75) is 57.8 Å². The average Bonchev–Trinajstić information content (AvgIpc) is 2.58. The van der Waals surface area contributed by atoms with Crippen LogP contribution in [0.25, 0.3) is 0 Å². The number of benzene rings is 1. The van der Waals surface area contributed by atoms with Crippen LogP contribution in [0.5, 0.6) is 5.75 Å². The minimum atomic E-state index is -0.256. The van der Waals surface area contributed by atoms with E-state index in [-0.39, 0.29) is 11.7 Å². The van der Waals surface area contributed by atoms with Gasteiger partial charge in [-0.1, -0.05) is 32.1 Å². The summed E-state index contributed by atoms with van der Waals surface area (Å²) in [5.41, 5.74) is 0. The highest BCUT2D eigenvalue weighted by atomic mass is 19.1. The molecular weight excluding hydrogens is 293 g/mol. The second-order valence-corrected chi connectivity index (χ2v) is 6.40. The van der Waals surface area contributed by atoms with Crippen LogP contribution in [0.3, 0.4) is 0 Å². The van der Waals surface area contributed by atoms with E-state index in [9.17, 15) is 9.18 Å². The van der Waals surface area contributed by atoms with E-state index in [0.717, 1.165) is 25.2 Å². The Labute approximate surface area is 138 Å². The molecule has 2 rings (SSSR count). The van der Waals surface area contributed by atoms with Gasteiger partial charge in [0.2, 0.25) is 5.91 Å². The standard InChI is InChI=1S/C19H28FNO2/c20-17-9-11-18(12-10-17)23-15-5-4-14-21-19(22)13-8-16-6-2-1-3-7-16/h9-12,16H,1-8,13-15H2,(H,21,22). The van der Waals surface area contributed by atoms with Crippen molar-refractivity contribution in [3.05, 3.63) is 30.1 Å². The Hall–Kier alpha value is -1.58. The summed E-state index contributed by atoms with van der Waals surface area (Å²) in [6.07, 6.45) is 10.1. The maximum atomic E-state index is 12.7. The maximum Gasteiger partial charge on any atom is 0.220 e. The predicted molar refractivity (Wildman–Crippen MR) is 89.9 cm³/mol. The summed E-state index contributed by atoms with van der Waals surface area (Å²) in [5.74, 6) is 1.37. The van der Waals surface area contributed by atoms with Gasteiger partial charge in [0.15, 0.2) is 0 Å². The van der Waals surface area contributed by atoms with E-state index < -0.39 is 0 Å². The molecule has 0 aliphatic heterocycles. The van der Waals surface area contributed by atoms with Gasteiger partial charge in [-0.2, -0.15) is 0 Å². The third kappa shape index (κ3) is 7.49. The fourth-order valence-electron chi connectivity index (χ4n) is 3.08. The van der Waals surface area contributed by atoms with Crippen LogP contribution in [0.15, 0.2) is 24.3 Å². The molecule has 0 aromatic heterocycles. The molecule has 0 bridgehead atoms. The van der Waals surface area contributed by atoms with Crippen molar-refractivity contribution >= 4 is 5.91 Å². The first-order chi connectivity index (χ1) is 11.2. The summed E-state index contributed by atoms with van der Waals surface area (Å²) in [6.45, 7) is 1.29. The number of amides is 1. The lowest BCUT2D eigenvalue weighted by atomic mass is 9.86. The van der Waals surface area contributed by atoms with Crippen molar-refractivity contribution in [2.75, 3.05) is 13.2 Å². The molecule has 1 amide bonds. The monoisotopic (exact) mass is 321 g/mol. The summed E-state index contributed by atoms with van der Waals surface area (Å²) < 4.78 is 18.3. The number of halogens is 1. The SMILES string of the molecule is O=C(CCC1CCCCC1)NCCCCOc1ccc(F)cc1. The van der Waals surface area contributed by atoms with Gasteiger partial charge in [-0.25, -0.2) is 4.39 Å². The number of nitrogens with one attached hydrogen (secondary N) is 1. The molecule has 1 aromatic rings. The predicted octanol–water partition coefficient (Wildman–Crippen LogP) is 4.46. The van der Waals surface area contributed by atoms with Gasteiger partial charge < -0.3 is 10.1 Å². The third-order valence-electron chi connectivity index (χ3n) is 4.48. The molecule has 0 atom stereocenters. The van der Waals surface area contributed by atoms with Crippen LogP contribution >= 0.6 is 0 Å². The van der Waals surface area contributed by atoms with Gasteiger partial charge in [-0.3, -0.25) is 4.79 Å². The maximum absolute atomic E-state index is 12.7. The summed E-state index contributed by atoms with van der Waals surface area (Å²) in [6, 6.07) is 6.04. The van der Waals surface area contributed by atoms with Crippen LogP contribution in [0.1, 0.15) is 57.8 Å². The molecule has 0 heterocycles. The third-order valence-corrected chi connectivity index (χ3v) is 4.48. The van der Waals surface area contributed by atoms with Crippen molar-refractivity contribution in [3.63, 3.8) is 0 Å². The molecule has 0 spiro atoms. The first-order valence-electron chi connectivity index (χ1n) is 8.89. The van der Waals surface area contributed by atoms with Gasteiger partial charge in [0, 0.05) is 13.0 Å². The van der Waals surface area contributed by atoms with Gasteiger partial charge >= 0.3 is 0 Å². The van der Waals surface area contributed by atoms with E-state index in [1.54, 1.807) is 12.1 Å². The van der Waals surface area contributed by atoms with Crippen LogP contribution in [0, 0.1) is 11.7 Å². The average molecular weight is 321 g/mol. The largest absolute Gasteiger partial charge is 0.494 e. The van der Waals surface area contributed by atoms with Gasteiger partial charge in [0.05, 0.1) is 6.61 Å². The van der Waals surface area contributed by atoms with E-state index in [0.29, 0.717) is 25.3 Å². The van der Waals surface area contributed by atoms with Gasteiger partial charge in [0.1, 0.15) is 11.6 Å². The van der Waals surface area contributed by atoms with Crippen molar-refractivity contribution in [1.29, 1.82) is 0 Å². The van der Waals surface area contributed by atoms with Crippen LogP contribution in [0.2, 0.25) is 0 Å². The molecule has 3 nitrogen and oxygen atoms in total. The van der Waals surface area contributed by atoms with E-state index in [1.807, 2.05) is 0 Å². The Kier molecular flexibility index (Phi) is 7.91. The van der Waals surface area contributed by atoms with Gasteiger partial charge in [-0.05, 0) is 49.4 Å². The molecule has 1 fully saturated rings. The zero-order valence-corrected chi connectivity index (χ0v) is 13.9. The first kappa shape index (κ1) is 17.8. The fourth-order valence-corrected chi connectivity index (χ4v) is 3.08. The fraction of sp³-hybridized carbons (Fsp3) is 0.632. The quantitative estimate of drug-likeness (QED) is 0.682. The second-order valence-electron chi connectivity index (χ2n) is 6.40. The van der Waals surface area contributed by atoms with Crippen LogP contribution in [-0.2, 0) is 4.79 Å². The van der Waals surface area contributed by atoms with Crippen LogP contribution in [0.4, 0.5) is 4.39 Å². The lowest BCUT2D eigenvalue weighted by Gasteiger charge is -2.20. The molecule has 4 heteroatoms. The second kappa shape index (κ2) is 10.2. The molecule has 1 aliphatic rings. The van der Waals surface area contributed by atoms with Crippen molar-refractivity contribution in [1.82, 2.24) is 5.32 Å². The Bertz CT molecular complexity index is 455. The Morgan fingerprint density at radius 1 is 1.13 bits per heavy atom. The summed E-state index contributed by atoms with van der Waals surface area (Å²) in [4.78, 5) is 11.8. The molecule has 1 saturated carbocycles. The summed E-state index contributed by atoms with van der Waals surface area (Å²) >= 11 is 0. The normalized spacial score (nSPS) is 15.3. The molecular formula is C19H28FNO2. The summed E-state index contributed by atoms with van der Waals surface area (Å²) in [7, 11) is 0. The van der Waals surface area contributed by atoms with Crippen LogP contribution < -0.4 is 10.1 Å². The Morgan fingerprint density at radius 2 is 1.87 bits per heavy atom. The molecule has 1 aliphatic carbocycles. The number of unbranched alkanes of at least 4 members (excludes halogenated alkanes) is 1. The Balaban J connectivity index is 1.45. The minimum absolute atomic E-state index is 0.176. The van der Waals surface area contributed by atoms with Crippen LogP contribution in [-0.4, -0.2) is 19.1 Å². The smallest absolute Gasteiger partial charge is 0.220 e. The number of ether oxygens (including phenoxy) is 1.